The van der Waals surface area contributed by atoms with Crippen molar-refractivity contribution < 1.29 is 27.4 Å². The summed E-state index contributed by atoms with van der Waals surface area (Å²) in [5, 5.41) is 9.28. The molecule has 0 aliphatic heterocycles. The van der Waals surface area contributed by atoms with E-state index < -0.39 is 19.3 Å². The lowest BCUT2D eigenvalue weighted by Gasteiger charge is -2.10. The van der Waals surface area contributed by atoms with Crippen LogP contribution in [0.5, 0.6) is 0 Å². The van der Waals surface area contributed by atoms with Gasteiger partial charge in [-0.3, -0.25) is 4.74 Å². The predicted octanol–water partition coefficient (Wildman–Crippen LogP) is 1.25. The summed E-state index contributed by atoms with van der Waals surface area (Å²) in [7, 11) is 0. The molecule has 0 aromatic heterocycles. The van der Waals surface area contributed by atoms with Crippen molar-refractivity contribution in [1.29, 1.82) is 0 Å². The van der Waals surface area contributed by atoms with Gasteiger partial charge < -0.3 is 0 Å². The van der Waals surface area contributed by atoms with Crippen LogP contribution in [0.4, 0.5) is 17.6 Å². The van der Waals surface area contributed by atoms with Gasteiger partial charge in [0.15, 0.2) is 6.61 Å². The smallest absolute Gasteiger partial charge is 0.256 e. The van der Waals surface area contributed by atoms with Crippen LogP contribution in [0, 0.1) is 0 Å². The molecule has 0 aromatic rings. The molecule has 2 nitrogen and oxygen atoms in total. The van der Waals surface area contributed by atoms with E-state index >= 15 is 0 Å². The molecule has 0 aliphatic carbocycles. The summed E-state index contributed by atoms with van der Waals surface area (Å²) < 4.78 is 47.1. The third-order valence-electron chi connectivity index (χ3n) is 0.430. The summed E-state index contributed by atoms with van der Waals surface area (Å²) in [4.78, 5) is 0. The molecule has 0 aliphatic rings. The fraction of sp³-hybridized carbons (Fsp3) is 1.00. The maximum absolute atomic E-state index is 11.4. The molecule has 0 bridgehead atoms. The van der Waals surface area contributed by atoms with Crippen molar-refractivity contribution in [3.05, 3.63) is 0 Å². The lowest BCUT2D eigenvalue weighted by atomic mass is 10.7. The highest BCUT2D eigenvalue weighted by molar-refractivity contribution is 4.44. The number of alkyl halides is 4. The molecule has 0 saturated heterocycles. The van der Waals surface area contributed by atoms with Gasteiger partial charge in [-0.2, -0.15) is 17.6 Å². The van der Waals surface area contributed by atoms with E-state index in [4.69, 9.17) is 0 Å². The lowest BCUT2D eigenvalue weighted by Crippen LogP contribution is -2.27. The fourth-order valence-corrected chi connectivity index (χ4v) is 0.164. The lowest BCUT2D eigenvalue weighted by molar-refractivity contribution is -0.335. The first-order valence-electron chi connectivity index (χ1n) is 1.90. The summed E-state index contributed by atoms with van der Waals surface area (Å²) in [6.07, 6.45) is -4.24. The summed E-state index contributed by atoms with van der Waals surface area (Å²) >= 11 is 0. The van der Waals surface area contributed by atoms with Gasteiger partial charge >= 0.3 is 12.7 Å². The van der Waals surface area contributed by atoms with E-state index in [0.29, 0.717) is 0 Å². The van der Waals surface area contributed by atoms with Gasteiger partial charge in [-0.05, 0) is 0 Å². The second-order valence-electron chi connectivity index (χ2n) is 1.16. The van der Waals surface area contributed by atoms with Crippen LogP contribution in [0.2, 0.25) is 0 Å². The van der Waals surface area contributed by atoms with E-state index in [1.807, 2.05) is 0 Å². The first kappa shape index (κ1) is 8.64. The maximum Gasteiger partial charge on any atom is 0.386 e. The molecule has 0 spiro atoms. The molecule has 0 N–H and O–H groups in total. The Bertz CT molecular complexity index is 83.9. The van der Waals surface area contributed by atoms with Crippen molar-refractivity contribution in [2.24, 2.45) is 0 Å². The second kappa shape index (κ2) is 2.98. The van der Waals surface area contributed by atoms with Crippen LogP contribution in [0.1, 0.15) is 0 Å². The van der Waals surface area contributed by atoms with Crippen LogP contribution < -0.4 is 0 Å². The molecule has 6 heteroatoms. The van der Waals surface area contributed by atoms with Crippen LogP contribution in [-0.2, 0) is 9.84 Å². The molecule has 55 valence electrons. The van der Waals surface area contributed by atoms with E-state index in [1.54, 1.807) is 0 Å². The van der Waals surface area contributed by atoms with Crippen LogP contribution in [0.15, 0.2) is 0 Å². The summed E-state index contributed by atoms with van der Waals surface area (Å²) in [6.45, 7) is -5.59. The van der Waals surface area contributed by atoms with Gasteiger partial charge in [0.25, 0.3) is 0 Å². The molecule has 0 aromatic carbocycles. The van der Waals surface area contributed by atoms with Crippen molar-refractivity contribution in [2.75, 3.05) is 6.61 Å². The molecule has 9 heavy (non-hydrogen) atoms. The van der Waals surface area contributed by atoms with Crippen molar-refractivity contribution in [1.82, 2.24) is 0 Å². The van der Waals surface area contributed by atoms with Crippen molar-refractivity contribution in [2.45, 2.75) is 12.7 Å². The van der Waals surface area contributed by atoms with Crippen LogP contribution >= 0.6 is 0 Å². The Morgan fingerprint density at radius 2 is 1.89 bits per heavy atom. The Balaban J connectivity index is 3.58. The van der Waals surface area contributed by atoms with Gasteiger partial charge in [0.05, 0.1) is 0 Å². The zero-order valence-corrected chi connectivity index (χ0v) is 4.11. The Kier molecular flexibility index (Phi) is 2.86. The van der Waals surface area contributed by atoms with Crippen molar-refractivity contribution in [3.63, 3.8) is 0 Å². The Morgan fingerprint density at radius 1 is 1.44 bits per heavy atom. The zero-order valence-electron chi connectivity index (χ0n) is 4.11. The topological polar surface area (TPSA) is 29.1 Å². The minimum Gasteiger partial charge on any atom is -0.256 e. The van der Waals surface area contributed by atoms with E-state index in [-0.39, 0.29) is 0 Å². The van der Waals surface area contributed by atoms with E-state index in [1.165, 1.54) is 0 Å². The molecule has 0 rings (SSSR count). The third kappa shape index (κ3) is 4.16. The maximum atomic E-state index is 11.4. The molecule has 0 atom stereocenters. The van der Waals surface area contributed by atoms with Gasteiger partial charge in [0.1, 0.15) is 0 Å². The van der Waals surface area contributed by atoms with E-state index in [9.17, 15) is 22.7 Å². The predicted molar refractivity (Wildman–Crippen MR) is 17.6 cm³/mol. The number of hydrogen-bond acceptors (Lipinski definition) is 1. The van der Waals surface area contributed by atoms with E-state index in [0.717, 1.165) is 0 Å². The highest BCUT2D eigenvalue weighted by Crippen LogP contribution is 2.17. The van der Waals surface area contributed by atoms with Crippen LogP contribution in [0.25, 0.3) is 0 Å². The summed E-state index contributed by atoms with van der Waals surface area (Å²) in [6, 6.07) is 0. The van der Waals surface area contributed by atoms with Gasteiger partial charge in [0.2, 0.25) is 0 Å². The molecular formula is C3H3F4O2. The average Bonchev–Trinajstić information content (AvgIpc) is 1.63. The normalized spacial score (nSPS) is 12.7. The van der Waals surface area contributed by atoms with Gasteiger partial charge in [-0.25, -0.2) is 5.11 Å². The molecule has 0 amide bonds. The minimum atomic E-state index is -4.24. The average molecular weight is 147 g/mol. The first-order valence-corrected chi connectivity index (χ1v) is 1.90. The summed E-state index contributed by atoms with van der Waals surface area (Å²) in [5.74, 6) is 0. The molecule has 1 radical (unpaired) electrons. The number of halogens is 4. The molecule has 0 unspecified atom stereocenters. The number of hydrogen-bond donors (Lipinski definition) is 0. The fourth-order valence-electron chi connectivity index (χ4n) is 0.164. The van der Waals surface area contributed by atoms with Gasteiger partial charge in [-0.1, -0.05) is 0 Å². The molecule has 0 heterocycles. The largest absolute Gasteiger partial charge is 0.386 e. The van der Waals surface area contributed by atoms with Gasteiger partial charge in [0, 0.05) is 0 Å². The third-order valence-corrected chi connectivity index (χ3v) is 0.430. The standard InChI is InChI=1S/C3H3F4O2/c4-2(5)9-3(6,7)1-8/h2H,1H2. The quantitative estimate of drug-likeness (QED) is 0.552. The molecule has 0 saturated carbocycles. The number of ether oxygens (including phenoxy) is 1. The van der Waals surface area contributed by atoms with Crippen LogP contribution in [-0.4, -0.2) is 19.3 Å². The van der Waals surface area contributed by atoms with Crippen molar-refractivity contribution >= 4 is 0 Å². The minimum absolute atomic E-state index is 1.99. The monoisotopic (exact) mass is 147 g/mol. The number of rotatable bonds is 3. The Labute approximate surface area is 48.0 Å². The SMILES string of the molecule is [O]CC(F)(F)OC(F)F. The summed E-state index contributed by atoms with van der Waals surface area (Å²) in [5.41, 5.74) is 0. The van der Waals surface area contributed by atoms with Gasteiger partial charge in [-0.15, -0.1) is 0 Å². The molecule has 0 fully saturated rings. The second-order valence-corrected chi connectivity index (χ2v) is 1.16. The Hall–Kier alpha value is -0.360. The van der Waals surface area contributed by atoms with Crippen LogP contribution in [0.3, 0.4) is 0 Å². The molecular weight excluding hydrogens is 144 g/mol. The Morgan fingerprint density at radius 3 is 2.00 bits per heavy atom. The highest BCUT2D eigenvalue weighted by Gasteiger charge is 2.33. The first-order chi connectivity index (χ1) is 3.98. The van der Waals surface area contributed by atoms with Crippen molar-refractivity contribution in [3.8, 4) is 0 Å². The zero-order chi connectivity index (χ0) is 7.49. The highest BCUT2D eigenvalue weighted by atomic mass is 19.3. The van der Waals surface area contributed by atoms with E-state index in [2.05, 4.69) is 4.74 Å².